The number of aliphatic hydroxyl groups excluding tert-OH is 1. The molecule has 1 aliphatic rings. The minimum atomic E-state index is -1.12. The Balaban J connectivity index is 1.52. The van der Waals surface area contributed by atoms with Crippen LogP contribution in [-0.2, 0) is 6.54 Å². The van der Waals surface area contributed by atoms with E-state index in [1.54, 1.807) is 24.0 Å². The number of carbonyl (C=O) groups excluding carboxylic acids is 1. The van der Waals surface area contributed by atoms with Gasteiger partial charge in [-0.1, -0.05) is 50.5 Å². The molecule has 3 aromatic rings. The summed E-state index contributed by atoms with van der Waals surface area (Å²) >= 11 is 1.60. The molecule has 0 saturated carbocycles. The Hall–Kier alpha value is -1.34. The van der Waals surface area contributed by atoms with Gasteiger partial charge in [0.2, 0.25) is 0 Å². The zero-order valence-electron chi connectivity index (χ0n) is 22.5. The molecule has 4 rings (SSSR count). The summed E-state index contributed by atoms with van der Waals surface area (Å²) in [5.74, 6) is 0.312. The van der Waals surface area contributed by atoms with Crippen LogP contribution in [0.15, 0.2) is 42.7 Å². The predicted octanol–water partition coefficient (Wildman–Crippen LogP) is 4.86. The Morgan fingerprint density at radius 3 is 2.77 bits per heavy atom. The number of amides is 1. The summed E-state index contributed by atoms with van der Waals surface area (Å²) in [4.78, 5) is 20.1. The summed E-state index contributed by atoms with van der Waals surface area (Å²) in [5.41, 5.74) is 2.17. The van der Waals surface area contributed by atoms with Crippen molar-refractivity contribution in [2.75, 3.05) is 25.0 Å². The molecular weight excluding hydrogens is 851 g/mol. The number of pyridine rings is 1. The van der Waals surface area contributed by atoms with Gasteiger partial charge in [0.1, 0.15) is 5.75 Å². The van der Waals surface area contributed by atoms with Gasteiger partial charge in [-0.2, -0.15) is 5.10 Å². The Kier molecular flexibility index (Phi) is 11.2. The van der Waals surface area contributed by atoms with Gasteiger partial charge in [0.25, 0.3) is 5.91 Å². The number of piperidine rings is 1. The van der Waals surface area contributed by atoms with Crippen LogP contribution in [0.1, 0.15) is 41.5 Å². The number of benzene rings is 1. The summed E-state index contributed by atoms with van der Waals surface area (Å²) in [7, 11) is 0. The van der Waals surface area contributed by atoms with Crippen LogP contribution in [0, 0.1) is 16.4 Å². The normalized spacial score (nSPS) is 18.2. The molecule has 1 aliphatic heterocycles. The number of carbonyl (C=O) groups is 1. The SMILES string of the molecule is C=Ic1ccc(-n2cc(C(=O)Nc3cnc(CN4CCC[C@H]([C@](C)(O)CO)C4)c(OC(I)I=C)c3)c(C)n2)cc1. The molecule has 3 N–H and O–H groups in total. The van der Waals surface area contributed by atoms with Crippen molar-refractivity contribution in [3.05, 3.63) is 63.2 Å². The van der Waals surface area contributed by atoms with Gasteiger partial charge in [0.05, 0.1) is 46.7 Å². The number of halogens is 3. The molecule has 0 aliphatic carbocycles. The van der Waals surface area contributed by atoms with Crippen LogP contribution in [0.4, 0.5) is 5.69 Å². The van der Waals surface area contributed by atoms with E-state index in [2.05, 4.69) is 64.1 Å². The van der Waals surface area contributed by atoms with Crippen LogP contribution in [0.25, 0.3) is 5.69 Å². The van der Waals surface area contributed by atoms with E-state index in [9.17, 15) is 15.0 Å². The standard InChI is InChI=1S/C28H34I3N5O4/c1-18-23(15-36(34-18)22-9-7-20(30-3)8-10-22)26(38)33-21-12-25(40-27(29)31-4)24(32-13-21)16-35-11-5-6-19(14-35)28(2,39)17-37/h7-10,12-13,15,19,27,37,39H,3-6,11,14,16-17H2,1-2H3,(H,33,38)/t19-,27?,28+/m0/s1. The van der Waals surface area contributed by atoms with Crippen LogP contribution < -0.4 is 10.1 Å². The lowest BCUT2D eigenvalue weighted by molar-refractivity contribution is -0.0698. The summed E-state index contributed by atoms with van der Waals surface area (Å²) in [6.45, 7) is 5.31. The Labute approximate surface area is 268 Å². The lowest BCUT2D eigenvalue weighted by atomic mass is 9.83. The van der Waals surface area contributed by atoms with Crippen molar-refractivity contribution in [2.45, 2.75) is 41.0 Å². The van der Waals surface area contributed by atoms with Gasteiger partial charge in [0.15, 0.2) is 2.12 Å². The molecule has 0 spiro atoms. The van der Waals surface area contributed by atoms with Crippen LogP contribution in [0.2, 0.25) is 0 Å². The zero-order chi connectivity index (χ0) is 28.9. The number of likely N-dealkylation sites (tertiary alicyclic amines) is 1. The number of nitrogens with zero attached hydrogens (tertiary/aromatic N) is 4. The van der Waals surface area contributed by atoms with Crippen molar-refractivity contribution in [3.8, 4) is 11.4 Å². The van der Waals surface area contributed by atoms with Crippen LogP contribution in [-0.4, -0.2) is 72.2 Å². The second-order valence-corrected chi connectivity index (χ2v) is 17.5. The molecule has 0 radical (unpaired) electrons. The number of alkyl halides is 2. The average molecular weight is 885 g/mol. The van der Waals surface area contributed by atoms with Gasteiger partial charge >= 0.3 is 0 Å². The van der Waals surface area contributed by atoms with E-state index in [0.29, 0.717) is 35.8 Å². The third kappa shape index (κ3) is 7.93. The maximum atomic E-state index is 13.2. The molecule has 3 atom stereocenters. The molecule has 216 valence electrons. The monoisotopic (exact) mass is 885 g/mol. The second kappa shape index (κ2) is 14.2. The van der Waals surface area contributed by atoms with Crippen molar-refractivity contribution in [3.63, 3.8) is 0 Å². The zero-order valence-corrected chi connectivity index (χ0v) is 29.0. The number of aryl methyl sites for hydroxylation is 1. The minimum Gasteiger partial charge on any atom is -0.469 e. The maximum absolute atomic E-state index is 13.2. The molecule has 12 heteroatoms. The first-order valence-corrected chi connectivity index (χ1v) is 19.3. The molecule has 3 heterocycles. The van der Waals surface area contributed by atoms with E-state index in [1.165, 1.54) is 3.57 Å². The fourth-order valence-electron chi connectivity index (χ4n) is 4.63. The van der Waals surface area contributed by atoms with Crippen LogP contribution in [0.5, 0.6) is 5.75 Å². The third-order valence-corrected chi connectivity index (χ3v) is 12.0. The van der Waals surface area contributed by atoms with Gasteiger partial charge in [-0.15, -0.1) is 0 Å². The Bertz CT molecular complexity index is 1360. The fourth-order valence-corrected chi connectivity index (χ4v) is 6.23. The van der Waals surface area contributed by atoms with Crippen molar-refractivity contribution in [1.82, 2.24) is 19.7 Å². The number of hydrogen-bond acceptors (Lipinski definition) is 7. The first-order chi connectivity index (χ1) is 19.1. The summed E-state index contributed by atoms with van der Waals surface area (Å²) in [6, 6.07) is 9.89. The first kappa shape index (κ1) is 31.6. The van der Waals surface area contributed by atoms with E-state index in [0.717, 1.165) is 30.8 Å². The lowest BCUT2D eigenvalue weighted by Crippen LogP contribution is -2.48. The number of aliphatic hydroxyl groups is 2. The highest BCUT2D eigenvalue weighted by molar-refractivity contribution is 14.2. The molecule has 40 heavy (non-hydrogen) atoms. The summed E-state index contributed by atoms with van der Waals surface area (Å²) < 4.78 is 17.2. The highest BCUT2D eigenvalue weighted by Crippen LogP contribution is 2.31. The Morgan fingerprint density at radius 1 is 1.35 bits per heavy atom. The maximum Gasteiger partial charge on any atom is 0.259 e. The van der Waals surface area contributed by atoms with E-state index < -0.39 is 26.3 Å². The summed E-state index contributed by atoms with van der Waals surface area (Å²) in [6.07, 6.45) is 5.18. The van der Waals surface area contributed by atoms with Crippen molar-refractivity contribution < 1.29 is 19.7 Å². The van der Waals surface area contributed by atoms with Gasteiger partial charge in [0, 0.05) is 34.8 Å². The molecular formula is C28H34I3N5O4. The van der Waals surface area contributed by atoms with Crippen molar-refractivity contribution in [2.24, 2.45) is 5.92 Å². The first-order valence-electron chi connectivity index (χ1n) is 12.7. The van der Waals surface area contributed by atoms with Crippen LogP contribution >= 0.6 is 64.1 Å². The van der Waals surface area contributed by atoms with Crippen molar-refractivity contribution >= 4 is 84.7 Å². The van der Waals surface area contributed by atoms with E-state index in [4.69, 9.17) is 4.74 Å². The molecule has 1 fully saturated rings. The number of rotatable bonds is 11. The molecule has 9 nitrogen and oxygen atoms in total. The largest absolute Gasteiger partial charge is 0.469 e. The highest BCUT2D eigenvalue weighted by atomic mass is 127. The molecule has 1 saturated heterocycles. The van der Waals surface area contributed by atoms with Gasteiger partial charge < -0.3 is 20.3 Å². The molecule has 0 bridgehead atoms. The van der Waals surface area contributed by atoms with Gasteiger partial charge in [-0.05, 0) is 80.1 Å². The fraction of sp³-hybridized carbons (Fsp3) is 0.393. The molecule has 1 amide bonds. The minimum absolute atomic E-state index is 0.0237. The van der Waals surface area contributed by atoms with E-state index >= 15 is 0 Å². The van der Waals surface area contributed by atoms with Gasteiger partial charge in [-0.3, -0.25) is 14.7 Å². The molecule has 1 aromatic carbocycles. The highest BCUT2D eigenvalue weighted by Gasteiger charge is 2.35. The third-order valence-electron chi connectivity index (χ3n) is 6.99. The predicted molar refractivity (Wildman–Crippen MR) is 186 cm³/mol. The van der Waals surface area contributed by atoms with Crippen molar-refractivity contribution in [1.29, 1.82) is 0 Å². The van der Waals surface area contributed by atoms with Crippen LogP contribution in [0.3, 0.4) is 0 Å². The average Bonchev–Trinajstić information content (AvgIpc) is 3.36. The number of ether oxygens (including phenoxy) is 1. The topological polar surface area (TPSA) is 113 Å². The summed E-state index contributed by atoms with van der Waals surface area (Å²) in [5, 5.41) is 27.7. The van der Waals surface area contributed by atoms with Gasteiger partial charge in [-0.25, -0.2) is 4.68 Å². The lowest BCUT2D eigenvalue weighted by Gasteiger charge is -2.39. The number of nitrogens with one attached hydrogen (secondary N) is 1. The van der Waals surface area contributed by atoms with E-state index in [-0.39, 0.29) is 41.3 Å². The second-order valence-electron chi connectivity index (χ2n) is 9.93. The van der Waals surface area contributed by atoms with E-state index in [1.807, 2.05) is 25.1 Å². The number of anilines is 1. The molecule has 1 unspecified atom stereocenters. The number of hydrogen-bond donors (Lipinski definition) is 3. The number of aromatic nitrogens is 3. The Morgan fingerprint density at radius 2 is 2.10 bits per heavy atom. The molecule has 2 aromatic heterocycles. The smallest absolute Gasteiger partial charge is 0.259 e. The quantitative estimate of drug-likeness (QED) is 0.187.